The van der Waals surface area contributed by atoms with Gasteiger partial charge in [0.25, 0.3) is 10.0 Å². The molecule has 0 spiro atoms. The van der Waals surface area contributed by atoms with Crippen LogP contribution in [0.2, 0.25) is 5.02 Å². The van der Waals surface area contributed by atoms with Crippen molar-refractivity contribution in [3.05, 3.63) is 47.3 Å². The summed E-state index contributed by atoms with van der Waals surface area (Å²) in [5.41, 5.74) is -0.317. The Morgan fingerprint density at radius 2 is 2.12 bits per heavy atom. The van der Waals surface area contributed by atoms with Gasteiger partial charge in [-0.1, -0.05) is 24.2 Å². The molecule has 2 aliphatic heterocycles. The summed E-state index contributed by atoms with van der Waals surface area (Å²) < 4.78 is 48.2. The van der Waals surface area contributed by atoms with Gasteiger partial charge in [-0.15, -0.1) is 0 Å². The maximum absolute atomic E-state index is 14.7. The molecular formula is C22H24ClFN4O5S. The van der Waals surface area contributed by atoms with Gasteiger partial charge < -0.3 is 14.7 Å². The first kappa shape index (κ1) is 24.4. The maximum atomic E-state index is 14.7. The number of aromatic hydroxyl groups is 1. The number of carbonyl (C=O) groups excluding carboxylic acids is 1. The van der Waals surface area contributed by atoms with E-state index >= 15 is 0 Å². The summed E-state index contributed by atoms with van der Waals surface area (Å²) in [6.07, 6.45) is 1.25. The summed E-state index contributed by atoms with van der Waals surface area (Å²) >= 11 is 6.61. The summed E-state index contributed by atoms with van der Waals surface area (Å²) in [6.45, 7) is 5.06. The fourth-order valence-electron chi connectivity index (χ4n) is 4.12. The molecule has 9 nitrogen and oxygen atoms in total. The molecule has 1 amide bonds. The smallest absolute Gasteiger partial charge is 0.260 e. The second-order valence-electron chi connectivity index (χ2n) is 8.23. The number of nitrogens with zero attached hydrogens (tertiary/aromatic N) is 4. The van der Waals surface area contributed by atoms with E-state index in [1.54, 1.807) is 4.90 Å². The van der Waals surface area contributed by atoms with Crippen LogP contribution < -0.4 is 4.74 Å². The van der Waals surface area contributed by atoms with E-state index < -0.39 is 21.6 Å². The third-order valence-corrected chi connectivity index (χ3v) is 8.12. The summed E-state index contributed by atoms with van der Waals surface area (Å²) in [5, 5.41) is 9.87. The molecule has 0 aliphatic carbocycles. The lowest BCUT2D eigenvalue weighted by Crippen LogP contribution is -2.55. The Bertz CT molecular complexity index is 1250. The SMILES string of the molecule is C=CC(=O)N1CCN2Cc3c(S(=O)(=O)N(C)C)nc(-c4c(O)cccc4F)c(Cl)c3OC[C@H]2C1. The van der Waals surface area contributed by atoms with Crippen molar-refractivity contribution in [1.82, 2.24) is 19.1 Å². The minimum Gasteiger partial charge on any atom is -0.507 e. The zero-order chi connectivity index (χ0) is 24.8. The largest absolute Gasteiger partial charge is 0.507 e. The quantitative estimate of drug-likeness (QED) is 0.628. The van der Waals surface area contributed by atoms with Gasteiger partial charge in [-0.3, -0.25) is 9.69 Å². The standard InChI is InChI=1S/C22H24ClFN4O5S/c1-4-17(30)28-9-8-27-11-14-21(33-12-13(27)10-28)19(23)20(18-15(24)6-5-7-16(18)29)25-22(14)34(31,32)26(2)3/h4-7,13,29H,1,8-12H2,2-3H3/t13-/m1/s1. The fraction of sp³-hybridized carbons (Fsp3) is 0.364. The molecule has 1 fully saturated rings. The molecule has 1 atom stereocenters. The lowest BCUT2D eigenvalue weighted by Gasteiger charge is -2.39. The minimum absolute atomic E-state index is 0.0609. The van der Waals surface area contributed by atoms with Crippen molar-refractivity contribution in [3.8, 4) is 22.8 Å². The van der Waals surface area contributed by atoms with E-state index in [2.05, 4.69) is 11.6 Å². The first-order valence-corrected chi connectivity index (χ1v) is 12.3. The maximum Gasteiger partial charge on any atom is 0.260 e. The van der Waals surface area contributed by atoms with Crippen LogP contribution in [0.3, 0.4) is 0 Å². The number of carbonyl (C=O) groups is 1. The van der Waals surface area contributed by atoms with Crippen LogP contribution in [0.5, 0.6) is 11.5 Å². The van der Waals surface area contributed by atoms with Gasteiger partial charge in [0.05, 0.1) is 11.6 Å². The highest BCUT2D eigenvalue weighted by molar-refractivity contribution is 7.89. The van der Waals surface area contributed by atoms with Crippen LogP contribution in [0, 0.1) is 5.82 Å². The van der Waals surface area contributed by atoms with Gasteiger partial charge in [-0.25, -0.2) is 22.1 Å². The van der Waals surface area contributed by atoms with E-state index in [0.717, 1.165) is 10.4 Å². The molecule has 34 heavy (non-hydrogen) atoms. The Labute approximate surface area is 202 Å². The van der Waals surface area contributed by atoms with E-state index in [-0.39, 0.29) is 57.7 Å². The fourth-order valence-corrected chi connectivity index (χ4v) is 5.44. The Morgan fingerprint density at radius 1 is 1.38 bits per heavy atom. The molecule has 0 radical (unpaired) electrons. The molecule has 1 N–H and O–H groups in total. The van der Waals surface area contributed by atoms with Crippen LogP contribution in [-0.2, 0) is 21.4 Å². The van der Waals surface area contributed by atoms with E-state index in [4.69, 9.17) is 16.3 Å². The lowest BCUT2D eigenvalue weighted by atomic mass is 10.1. The van der Waals surface area contributed by atoms with Crippen molar-refractivity contribution in [2.24, 2.45) is 0 Å². The molecule has 0 unspecified atom stereocenters. The highest BCUT2D eigenvalue weighted by Crippen LogP contribution is 2.44. The van der Waals surface area contributed by atoms with Crippen LogP contribution in [0.15, 0.2) is 35.9 Å². The molecule has 1 aromatic carbocycles. The summed E-state index contributed by atoms with van der Waals surface area (Å²) in [6, 6.07) is 3.45. The van der Waals surface area contributed by atoms with Crippen LogP contribution in [-0.4, -0.2) is 84.9 Å². The Balaban J connectivity index is 1.89. The number of pyridine rings is 1. The van der Waals surface area contributed by atoms with Crippen molar-refractivity contribution in [2.45, 2.75) is 17.6 Å². The molecule has 3 heterocycles. The molecule has 2 aliphatic rings. The Kier molecular flexibility index (Phi) is 6.56. The van der Waals surface area contributed by atoms with Gasteiger partial charge in [0, 0.05) is 45.8 Å². The zero-order valence-electron chi connectivity index (χ0n) is 18.7. The number of rotatable bonds is 4. The van der Waals surface area contributed by atoms with Gasteiger partial charge in [0.2, 0.25) is 5.91 Å². The molecule has 0 saturated carbocycles. The number of ether oxygens (including phenoxy) is 1. The average molecular weight is 511 g/mol. The topological polar surface area (TPSA) is 103 Å². The van der Waals surface area contributed by atoms with Crippen LogP contribution in [0.1, 0.15) is 5.56 Å². The summed E-state index contributed by atoms with van der Waals surface area (Å²) in [4.78, 5) is 20.0. The number of piperazine rings is 1. The Morgan fingerprint density at radius 3 is 2.76 bits per heavy atom. The van der Waals surface area contributed by atoms with Gasteiger partial charge >= 0.3 is 0 Å². The number of sulfonamides is 1. The molecule has 2 aromatic rings. The Hall–Kier alpha value is -2.73. The van der Waals surface area contributed by atoms with Gasteiger partial charge in [-0.05, 0) is 18.2 Å². The van der Waals surface area contributed by atoms with Crippen LogP contribution >= 0.6 is 11.6 Å². The summed E-state index contributed by atoms with van der Waals surface area (Å²) in [5.74, 6) is -1.39. The van der Waals surface area contributed by atoms with Gasteiger partial charge in [0.1, 0.15) is 34.6 Å². The van der Waals surface area contributed by atoms with Gasteiger partial charge in [0.15, 0.2) is 5.03 Å². The van der Waals surface area contributed by atoms with Crippen molar-refractivity contribution in [3.63, 3.8) is 0 Å². The second-order valence-corrected chi connectivity index (χ2v) is 10.7. The van der Waals surface area contributed by atoms with E-state index in [1.165, 1.54) is 32.3 Å². The lowest BCUT2D eigenvalue weighted by molar-refractivity contribution is -0.129. The first-order chi connectivity index (χ1) is 16.1. The normalized spacial score (nSPS) is 18.6. The number of amides is 1. The third kappa shape index (κ3) is 4.13. The first-order valence-electron chi connectivity index (χ1n) is 10.5. The van der Waals surface area contributed by atoms with E-state index in [9.17, 15) is 22.7 Å². The molecule has 0 bridgehead atoms. The number of halogens is 2. The number of hydrogen-bond donors (Lipinski definition) is 1. The highest BCUT2D eigenvalue weighted by Gasteiger charge is 2.38. The average Bonchev–Trinajstić information content (AvgIpc) is 2.99. The molecule has 1 aromatic heterocycles. The number of fused-ring (bicyclic) bond motifs is 2. The number of hydrogen-bond acceptors (Lipinski definition) is 7. The van der Waals surface area contributed by atoms with Crippen molar-refractivity contribution < 1.29 is 27.4 Å². The third-order valence-electron chi connectivity index (χ3n) is 5.98. The number of phenols is 1. The van der Waals surface area contributed by atoms with Crippen LogP contribution in [0.25, 0.3) is 11.3 Å². The van der Waals surface area contributed by atoms with Crippen LogP contribution in [0.4, 0.5) is 4.39 Å². The molecule has 4 rings (SSSR count). The number of benzene rings is 1. The molecule has 182 valence electrons. The predicted octanol–water partition coefficient (Wildman–Crippen LogP) is 2.09. The number of aromatic nitrogens is 1. The summed E-state index contributed by atoms with van der Waals surface area (Å²) in [7, 11) is -1.38. The van der Waals surface area contributed by atoms with E-state index in [0.29, 0.717) is 19.6 Å². The molecular weight excluding hydrogens is 487 g/mol. The molecule has 12 heteroatoms. The van der Waals surface area contributed by atoms with Crippen molar-refractivity contribution in [1.29, 1.82) is 0 Å². The molecule has 1 saturated heterocycles. The van der Waals surface area contributed by atoms with Gasteiger partial charge in [-0.2, -0.15) is 0 Å². The minimum atomic E-state index is -4.10. The number of phenolic OH excluding ortho intramolecular Hbond substituents is 1. The highest BCUT2D eigenvalue weighted by atomic mass is 35.5. The van der Waals surface area contributed by atoms with Crippen molar-refractivity contribution in [2.75, 3.05) is 40.3 Å². The second kappa shape index (κ2) is 9.14. The predicted molar refractivity (Wildman–Crippen MR) is 124 cm³/mol. The van der Waals surface area contributed by atoms with Crippen molar-refractivity contribution >= 4 is 27.5 Å². The van der Waals surface area contributed by atoms with E-state index in [1.807, 2.05) is 4.90 Å². The monoisotopic (exact) mass is 510 g/mol. The zero-order valence-corrected chi connectivity index (χ0v) is 20.2.